The highest BCUT2D eigenvalue weighted by molar-refractivity contribution is 7.92. The van der Waals surface area contributed by atoms with Crippen LogP contribution in [-0.2, 0) is 16.3 Å². The van der Waals surface area contributed by atoms with E-state index in [1.807, 2.05) is 5.38 Å². The maximum atomic E-state index is 14.0. The summed E-state index contributed by atoms with van der Waals surface area (Å²) >= 11 is 1.56. The van der Waals surface area contributed by atoms with Crippen LogP contribution in [0, 0.1) is 25.5 Å². The van der Waals surface area contributed by atoms with Gasteiger partial charge in [-0.15, -0.1) is 11.3 Å². The van der Waals surface area contributed by atoms with Gasteiger partial charge in [0.1, 0.15) is 16.5 Å². The van der Waals surface area contributed by atoms with Gasteiger partial charge in [-0.2, -0.15) is 0 Å². The zero-order chi connectivity index (χ0) is 22.2. The van der Waals surface area contributed by atoms with Crippen LogP contribution in [0.4, 0.5) is 13.9 Å². The third-order valence-corrected chi connectivity index (χ3v) is 9.01. The van der Waals surface area contributed by atoms with Crippen molar-refractivity contribution in [2.75, 3.05) is 18.0 Å². The number of rotatable bonds is 5. The van der Waals surface area contributed by atoms with Crippen molar-refractivity contribution in [1.29, 1.82) is 0 Å². The quantitative estimate of drug-likeness (QED) is 0.497. The van der Waals surface area contributed by atoms with Crippen LogP contribution in [0.3, 0.4) is 0 Å². The molecule has 0 saturated carbocycles. The lowest BCUT2D eigenvalue weighted by Gasteiger charge is -2.31. The van der Waals surface area contributed by atoms with Gasteiger partial charge in [0.05, 0.1) is 10.9 Å². The molecule has 0 unspecified atom stereocenters. The molecular weight excluding hydrogens is 438 g/mol. The summed E-state index contributed by atoms with van der Waals surface area (Å²) in [5.74, 6) is -1.81. The smallest absolute Gasteiger partial charge is 0.185 e. The fraction of sp³-hybridized carbons (Fsp3) is 0.348. The molecule has 0 amide bonds. The molecule has 1 aliphatic heterocycles. The summed E-state index contributed by atoms with van der Waals surface area (Å²) in [5, 5.41) is 2.25. The Hall–Kier alpha value is -2.32. The third kappa shape index (κ3) is 4.65. The molecule has 0 bridgehead atoms. The van der Waals surface area contributed by atoms with Gasteiger partial charge in [-0.05, 0) is 49.9 Å². The summed E-state index contributed by atoms with van der Waals surface area (Å²) < 4.78 is 52.9. The molecule has 2 heterocycles. The topological polar surface area (TPSA) is 50.3 Å². The van der Waals surface area contributed by atoms with Crippen molar-refractivity contribution in [1.82, 2.24) is 4.98 Å². The van der Waals surface area contributed by atoms with Gasteiger partial charge in [0.2, 0.25) is 0 Å². The lowest BCUT2D eigenvalue weighted by molar-refractivity contribution is 0.516. The van der Waals surface area contributed by atoms with E-state index in [4.69, 9.17) is 4.98 Å². The number of halogens is 2. The van der Waals surface area contributed by atoms with E-state index in [9.17, 15) is 17.2 Å². The van der Waals surface area contributed by atoms with Crippen molar-refractivity contribution in [3.8, 4) is 0 Å². The summed E-state index contributed by atoms with van der Waals surface area (Å²) in [4.78, 5) is 6.43. The zero-order valence-corrected chi connectivity index (χ0v) is 19.1. The summed E-state index contributed by atoms with van der Waals surface area (Å²) in [6.07, 6.45) is 1.52. The molecule has 164 valence electrons. The van der Waals surface area contributed by atoms with Crippen LogP contribution in [0.15, 0.2) is 46.7 Å². The standard InChI is InChI=1S/C23H24F2N2O2S2/c1-15-3-4-16(2)17(11-15)12-19-14-30-23(26-19)27-9-7-20(8-10-27)31(28,29)22-6-5-18(24)13-21(22)25/h3-6,11,13-14,20H,7-10,12H2,1-2H3. The van der Waals surface area contributed by atoms with Gasteiger partial charge >= 0.3 is 0 Å². The van der Waals surface area contributed by atoms with Gasteiger partial charge in [0.15, 0.2) is 15.0 Å². The van der Waals surface area contributed by atoms with Crippen LogP contribution in [0.5, 0.6) is 0 Å². The van der Waals surface area contributed by atoms with Crippen LogP contribution in [0.25, 0.3) is 0 Å². The van der Waals surface area contributed by atoms with Gasteiger partial charge in [-0.3, -0.25) is 0 Å². The van der Waals surface area contributed by atoms with Gasteiger partial charge in [0, 0.05) is 31.0 Å². The number of nitrogens with zero attached hydrogens (tertiary/aromatic N) is 2. The molecule has 0 N–H and O–H groups in total. The number of hydrogen-bond acceptors (Lipinski definition) is 5. The Morgan fingerprint density at radius 3 is 2.55 bits per heavy atom. The van der Waals surface area contributed by atoms with Crippen LogP contribution < -0.4 is 4.90 Å². The molecule has 31 heavy (non-hydrogen) atoms. The molecular formula is C23H24F2N2O2S2. The van der Waals surface area contributed by atoms with Gasteiger partial charge < -0.3 is 4.90 Å². The predicted octanol–water partition coefficient (Wildman–Crippen LogP) is 5.07. The Kier molecular flexibility index (Phi) is 6.12. The van der Waals surface area contributed by atoms with Crippen LogP contribution in [0.2, 0.25) is 0 Å². The summed E-state index contributed by atoms with van der Waals surface area (Å²) in [7, 11) is -3.84. The summed E-state index contributed by atoms with van der Waals surface area (Å²) in [5.41, 5.74) is 4.70. The highest BCUT2D eigenvalue weighted by atomic mass is 32.2. The molecule has 0 radical (unpaired) electrons. The fourth-order valence-electron chi connectivity index (χ4n) is 3.95. The Morgan fingerprint density at radius 2 is 1.84 bits per heavy atom. The number of aryl methyl sites for hydroxylation is 2. The molecule has 2 aromatic carbocycles. The van der Waals surface area contributed by atoms with E-state index in [1.54, 1.807) is 11.3 Å². The number of hydrogen-bond donors (Lipinski definition) is 0. The number of sulfone groups is 1. The van der Waals surface area contributed by atoms with Crippen molar-refractivity contribution in [2.24, 2.45) is 0 Å². The average molecular weight is 463 g/mol. The molecule has 1 aliphatic rings. The van der Waals surface area contributed by atoms with Crippen molar-refractivity contribution >= 4 is 26.3 Å². The lowest BCUT2D eigenvalue weighted by atomic mass is 10.0. The first-order valence-electron chi connectivity index (χ1n) is 10.2. The number of anilines is 1. The number of benzene rings is 2. The molecule has 0 atom stereocenters. The zero-order valence-electron chi connectivity index (χ0n) is 17.4. The van der Waals surface area contributed by atoms with Crippen molar-refractivity contribution in [3.05, 3.63) is 75.8 Å². The number of aromatic nitrogens is 1. The Morgan fingerprint density at radius 1 is 1.10 bits per heavy atom. The molecule has 4 rings (SSSR count). The Bertz CT molecular complexity index is 1200. The highest BCUT2D eigenvalue weighted by Crippen LogP contribution is 2.31. The van der Waals surface area contributed by atoms with E-state index in [2.05, 4.69) is 36.9 Å². The first-order chi connectivity index (χ1) is 14.7. The largest absolute Gasteiger partial charge is 0.348 e. The molecule has 3 aromatic rings. The minimum absolute atomic E-state index is 0.380. The SMILES string of the molecule is Cc1ccc(C)c(Cc2csc(N3CCC(S(=O)(=O)c4ccc(F)cc4F)CC3)n2)c1. The monoisotopic (exact) mass is 462 g/mol. The second kappa shape index (κ2) is 8.67. The molecule has 1 saturated heterocycles. The van der Waals surface area contributed by atoms with Crippen molar-refractivity contribution in [2.45, 2.75) is 43.3 Å². The minimum Gasteiger partial charge on any atom is -0.348 e. The number of thiazole rings is 1. The third-order valence-electron chi connectivity index (χ3n) is 5.77. The van der Waals surface area contributed by atoms with Gasteiger partial charge in [0.25, 0.3) is 0 Å². The van der Waals surface area contributed by atoms with Crippen molar-refractivity contribution in [3.63, 3.8) is 0 Å². The predicted molar refractivity (Wildman–Crippen MR) is 120 cm³/mol. The second-order valence-corrected chi connectivity index (χ2v) is 11.1. The maximum absolute atomic E-state index is 14.0. The Labute approximate surface area is 185 Å². The van der Waals surface area contributed by atoms with E-state index in [0.717, 1.165) is 29.4 Å². The van der Waals surface area contributed by atoms with Crippen molar-refractivity contribution < 1.29 is 17.2 Å². The first-order valence-corrected chi connectivity index (χ1v) is 12.6. The molecule has 1 aromatic heterocycles. The van der Waals surface area contributed by atoms with E-state index in [-0.39, 0.29) is 0 Å². The van der Waals surface area contributed by atoms with E-state index < -0.39 is 31.6 Å². The summed E-state index contributed by atoms with van der Waals surface area (Å²) in [6, 6.07) is 9.02. The van der Waals surface area contributed by atoms with Crippen LogP contribution in [-0.4, -0.2) is 31.7 Å². The first kappa shape index (κ1) is 21.9. The summed E-state index contributed by atoms with van der Waals surface area (Å²) in [6.45, 7) is 5.23. The second-order valence-electron chi connectivity index (χ2n) is 8.03. The molecule has 1 fully saturated rings. The molecule has 8 heteroatoms. The van der Waals surface area contributed by atoms with E-state index in [0.29, 0.717) is 32.0 Å². The fourth-order valence-corrected chi connectivity index (χ4v) is 6.61. The normalized spacial score (nSPS) is 15.4. The molecule has 0 spiro atoms. The molecule has 4 nitrogen and oxygen atoms in total. The van der Waals surface area contributed by atoms with E-state index in [1.165, 1.54) is 16.7 Å². The van der Waals surface area contributed by atoms with Crippen LogP contribution in [0.1, 0.15) is 35.2 Å². The average Bonchev–Trinajstić information content (AvgIpc) is 3.19. The van der Waals surface area contributed by atoms with Gasteiger partial charge in [-0.25, -0.2) is 22.2 Å². The lowest BCUT2D eigenvalue weighted by Crippen LogP contribution is -2.39. The highest BCUT2D eigenvalue weighted by Gasteiger charge is 2.34. The van der Waals surface area contributed by atoms with Gasteiger partial charge in [-0.1, -0.05) is 23.8 Å². The molecule has 0 aliphatic carbocycles. The maximum Gasteiger partial charge on any atom is 0.185 e. The van der Waals surface area contributed by atoms with Crippen LogP contribution >= 0.6 is 11.3 Å². The van der Waals surface area contributed by atoms with E-state index >= 15 is 0 Å². The minimum atomic E-state index is -3.84. The number of piperidine rings is 1. The Balaban J connectivity index is 1.43.